The monoisotopic (exact) mass is 274 g/mol. The van der Waals surface area contributed by atoms with Crippen molar-refractivity contribution in [2.24, 2.45) is 0 Å². The molecule has 0 aliphatic carbocycles. The molecule has 0 aliphatic heterocycles. The van der Waals surface area contributed by atoms with Gasteiger partial charge in [-0.05, 0) is 24.6 Å². The van der Waals surface area contributed by atoms with Gasteiger partial charge in [0.2, 0.25) is 0 Å². The van der Waals surface area contributed by atoms with Crippen molar-refractivity contribution >= 4 is 5.97 Å². The van der Waals surface area contributed by atoms with E-state index in [0.717, 1.165) is 6.42 Å². The van der Waals surface area contributed by atoms with Gasteiger partial charge >= 0.3 is 5.97 Å². The molecule has 1 aromatic carbocycles. The first-order chi connectivity index (χ1) is 9.52. The van der Waals surface area contributed by atoms with Gasteiger partial charge in [-0.3, -0.25) is 0 Å². The number of carbonyl (C=O) groups is 1. The van der Waals surface area contributed by atoms with Gasteiger partial charge in [-0.25, -0.2) is 14.8 Å². The van der Waals surface area contributed by atoms with Gasteiger partial charge in [-0.2, -0.15) is 0 Å². The van der Waals surface area contributed by atoms with Crippen LogP contribution < -0.4 is 0 Å². The minimum atomic E-state index is -1.06. The topological polar surface area (TPSA) is 104 Å². The molecule has 0 fully saturated rings. The Hall–Kier alpha value is -2.63. The smallest absolute Gasteiger partial charge is 0.339 e. The lowest BCUT2D eigenvalue weighted by molar-refractivity contribution is 0.0694. The summed E-state index contributed by atoms with van der Waals surface area (Å²) in [7, 11) is 0. The Morgan fingerprint density at radius 2 is 2.00 bits per heavy atom. The van der Waals surface area contributed by atoms with Crippen molar-refractivity contribution in [1.29, 1.82) is 0 Å². The second kappa shape index (κ2) is 5.56. The minimum absolute atomic E-state index is 0.0820. The Kier molecular flexibility index (Phi) is 3.84. The first kappa shape index (κ1) is 13.8. The van der Waals surface area contributed by atoms with E-state index in [9.17, 15) is 15.0 Å². The largest absolute Gasteiger partial charge is 0.504 e. The summed E-state index contributed by atoms with van der Waals surface area (Å²) in [6, 6.07) is 4.22. The van der Waals surface area contributed by atoms with Crippen LogP contribution in [0.3, 0.4) is 0 Å². The summed E-state index contributed by atoms with van der Waals surface area (Å²) >= 11 is 0. The first-order valence-corrected chi connectivity index (χ1v) is 6.14. The highest BCUT2D eigenvalue weighted by Crippen LogP contribution is 2.29. The molecule has 20 heavy (non-hydrogen) atoms. The average molecular weight is 274 g/mol. The highest BCUT2D eigenvalue weighted by Gasteiger charge is 2.14. The number of aryl methyl sites for hydroxylation is 1. The van der Waals surface area contributed by atoms with Gasteiger partial charge in [0.1, 0.15) is 0 Å². The summed E-state index contributed by atoms with van der Waals surface area (Å²) in [4.78, 5) is 19.3. The number of aromatic hydroxyl groups is 2. The second-order valence-corrected chi connectivity index (χ2v) is 4.31. The fourth-order valence-electron chi connectivity index (χ4n) is 1.82. The predicted octanol–water partition coefficient (Wildman–Crippen LogP) is 2.21. The fraction of sp³-hybridized carbons (Fsp3) is 0.214. The van der Waals surface area contributed by atoms with Crippen LogP contribution in [0.1, 0.15) is 29.4 Å². The number of carboxylic acid groups (broad SMARTS) is 1. The van der Waals surface area contributed by atoms with Crippen molar-refractivity contribution in [2.75, 3.05) is 0 Å². The van der Waals surface area contributed by atoms with Crippen molar-refractivity contribution in [2.45, 2.75) is 19.8 Å². The van der Waals surface area contributed by atoms with Gasteiger partial charge < -0.3 is 15.3 Å². The van der Waals surface area contributed by atoms with E-state index in [2.05, 4.69) is 9.97 Å². The number of phenolic OH excluding ortho intramolecular Hbond substituents is 2. The summed E-state index contributed by atoms with van der Waals surface area (Å²) < 4.78 is 0. The highest BCUT2D eigenvalue weighted by molar-refractivity contribution is 5.88. The summed E-state index contributed by atoms with van der Waals surface area (Å²) in [5, 5.41) is 27.8. The van der Waals surface area contributed by atoms with Crippen LogP contribution >= 0.6 is 0 Å². The zero-order chi connectivity index (χ0) is 14.7. The van der Waals surface area contributed by atoms with Crippen LogP contribution in [0.2, 0.25) is 0 Å². The van der Waals surface area contributed by atoms with Crippen molar-refractivity contribution in [3.05, 3.63) is 35.7 Å². The molecular weight excluding hydrogens is 260 g/mol. The lowest BCUT2D eigenvalue weighted by atomic mass is 10.1. The molecule has 0 saturated carbocycles. The summed E-state index contributed by atoms with van der Waals surface area (Å²) in [6.07, 6.45) is 2.55. The molecule has 104 valence electrons. The van der Waals surface area contributed by atoms with Gasteiger partial charge in [0.05, 0.1) is 11.3 Å². The Balaban J connectivity index is 2.49. The van der Waals surface area contributed by atoms with Crippen LogP contribution in [0.15, 0.2) is 24.4 Å². The quantitative estimate of drug-likeness (QED) is 0.738. The zero-order valence-corrected chi connectivity index (χ0v) is 10.9. The van der Waals surface area contributed by atoms with E-state index in [0.29, 0.717) is 23.5 Å². The lowest BCUT2D eigenvalue weighted by Gasteiger charge is -2.07. The molecule has 2 aromatic rings. The van der Waals surface area contributed by atoms with Crippen LogP contribution in [-0.2, 0) is 6.42 Å². The number of rotatable bonds is 4. The van der Waals surface area contributed by atoms with Gasteiger partial charge in [-0.15, -0.1) is 0 Å². The first-order valence-electron chi connectivity index (χ1n) is 6.14. The second-order valence-electron chi connectivity index (χ2n) is 4.31. The van der Waals surface area contributed by atoms with Crippen molar-refractivity contribution < 1.29 is 20.1 Å². The molecule has 0 unspecified atom stereocenters. The van der Waals surface area contributed by atoms with Crippen LogP contribution in [-0.4, -0.2) is 31.3 Å². The van der Waals surface area contributed by atoms with E-state index in [4.69, 9.17) is 5.11 Å². The molecule has 0 radical (unpaired) electrons. The minimum Gasteiger partial charge on any atom is -0.504 e. The highest BCUT2D eigenvalue weighted by atomic mass is 16.4. The number of hydrogen-bond acceptors (Lipinski definition) is 5. The number of hydrogen-bond donors (Lipinski definition) is 3. The molecule has 0 aliphatic rings. The van der Waals surface area contributed by atoms with Crippen molar-refractivity contribution in [1.82, 2.24) is 9.97 Å². The molecule has 3 N–H and O–H groups in total. The van der Waals surface area contributed by atoms with Crippen LogP contribution in [0, 0.1) is 0 Å². The van der Waals surface area contributed by atoms with E-state index < -0.39 is 5.97 Å². The average Bonchev–Trinajstić information content (AvgIpc) is 2.42. The van der Waals surface area contributed by atoms with Gasteiger partial charge in [0.25, 0.3) is 0 Å². The molecule has 6 heteroatoms. The summed E-state index contributed by atoms with van der Waals surface area (Å²) in [5.41, 5.74) is 1.05. The van der Waals surface area contributed by atoms with Crippen LogP contribution in [0.25, 0.3) is 11.4 Å². The fourth-order valence-corrected chi connectivity index (χ4v) is 1.82. The Morgan fingerprint density at radius 1 is 1.25 bits per heavy atom. The Labute approximate surface area is 115 Å². The molecular formula is C14H14N2O4. The van der Waals surface area contributed by atoms with E-state index >= 15 is 0 Å². The normalized spacial score (nSPS) is 10.4. The zero-order valence-electron chi connectivity index (χ0n) is 10.9. The number of benzene rings is 1. The molecule has 0 spiro atoms. The standard InChI is InChI=1S/C14H14N2O4/c1-2-3-10-9(14(19)20)7-15-13(16-10)8-4-5-11(17)12(18)6-8/h4-7,17-18H,2-3H2,1H3,(H,19,20). The lowest BCUT2D eigenvalue weighted by Crippen LogP contribution is -2.07. The number of nitrogens with zero attached hydrogens (tertiary/aromatic N) is 2. The Morgan fingerprint density at radius 3 is 2.60 bits per heavy atom. The number of aromatic carboxylic acids is 1. The van der Waals surface area contributed by atoms with E-state index in [1.54, 1.807) is 6.07 Å². The molecule has 1 aromatic heterocycles. The molecule has 0 amide bonds. The predicted molar refractivity (Wildman–Crippen MR) is 71.8 cm³/mol. The molecule has 2 rings (SSSR count). The number of phenols is 2. The van der Waals surface area contributed by atoms with Crippen LogP contribution in [0.5, 0.6) is 11.5 Å². The van der Waals surface area contributed by atoms with E-state index in [-0.39, 0.29) is 17.1 Å². The molecule has 6 nitrogen and oxygen atoms in total. The van der Waals surface area contributed by atoms with Gasteiger partial charge in [-0.1, -0.05) is 13.3 Å². The molecule has 0 bridgehead atoms. The maximum atomic E-state index is 11.1. The van der Waals surface area contributed by atoms with Crippen LogP contribution in [0.4, 0.5) is 0 Å². The SMILES string of the molecule is CCCc1nc(-c2ccc(O)c(O)c2)ncc1C(=O)O. The third-order valence-corrected chi connectivity index (χ3v) is 2.82. The summed E-state index contributed by atoms with van der Waals surface area (Å²) in [6.45, 7) is 1.93. The summed E-state index contributed by atoms with van der Waals surface area (Å²) in [5.74, 6) is -1.25. The number of aromatic nitrogens is 2. The van der Waals surface area contributed by atoms with Crippen molar-refractivity contribution in [3.8, 4) is 22.9 Å². The molecule has 0 atom stereocenters. The third kappa shape index (κ3) is 2.69. The maximum Gasteiger partial charge on any atom is 0.339 e. The van der Waals surface area contributed by atoms with E-state index in [1.165, 1.54) is 18.3 Å². The van der Waals surface area contributed by atoms with Crippen molar-refractivity contribution in [3.63, 3.8) is 0 Å². The van der Waals surface area contributed by atoms with E-state index in [1.807, 2.05) is 6.92 Å². The molecule has 0 saturated heterocycles. The Bertz CT molecular complexity index is 656. The molecule has 1 heterocycles. The number of carboxylic acids is 1. The third-order valence-electron chi connectivity index (χ3n) is 2.82. The maximum absolute atomic E-state index is 11.1. The van der Waals surface area contributed by atoms with Gasteiger partial charge in [0.15, 0.2) is 17.3 Å². The van der Waals surface area contributed by atoms with Gasteiger partial charge in [0, 0.05) is 11.8 Å².